The maximum atomic E-state index is 11.8. The lowest BCUT2D eigenvalue weighted by Crippen LogP contribution is -2.43. The second kappa shape index (κ2) is 6.80. The molecular formula is C15H20ClNO2. The van der Waals surface area contributed by atoms with Gasteiger partial charge < -0.3 is 10.1 Å². The predicted molar refractivity (Wildman–Crippen MR) is 76.5 cm³/mol. The van der Waals surface area contributed by atoms with Crippen LogP contribution in [0.3, 0.4) is 0 Å². The third-order valence-electron chi connectivity index (χ3n) is 3.62. The molecule has 3 nitrogen and oxygen atoms in total. The fraction of sp³-hybridized carbons (Fsp3) is 0.533. The zero-order valence-electron chi connectivity index (χ0n) is 11.2. The molecule has 2 atom stereocenters. The van der Waals surface area contributed by atoms with E-state index in [4.69, 9.17) is 16.3 Å². The predicted octanol–water partition coefficient (Wildman–Crippen LogP) is 3.41. The van der Waals surface area contributed by atoms with Crippen molar-refractivity contribution in [1.82, 2.24) is 5.32 Å². The Bertz CT molecular complexity index is 436. The lowest BCUT2D eigenvalue weighted by Gasteiger charge is -2.29. The Balaban J connectivity index is 1.78. The van der Waals surface area contributed by atoms with Crippen molar-refractivity contribution in [2.45, 2.75) is 38.6 Å². The molecule has 1 aliphatic rings. The maximum Gasteiger partial charge on any atom is 0.258 e. The van der Waals surface area contributed by atoms with Gasteiger partial charge in [-0.1, -0.05) is 37.4 Å². The molecule has 0 heterocycles. The first-order chi connectivity index (χ1) is 9.15. The minimum absolute atomic E-state index is 0.0452. The molecule has 1 aromatic carbocycles. The van der Waals surface area contributed by atoms with Crippen LogP contribution < -0.4 is 10.1 Å². The summed E-state index contributed by atoms with van der Waals surface area (Å²) >= 11 is 5.85. The van der Waals surface area contributed by atoms with Gasteiger partial charge in [-0.2, -0.15) is 0 Å². The minimum atomic E-state index is -0.0567. The lowest BCUT2D eigenvalue weighted by atomic mass is 9.86. The van der Waals surface area contributed by atoms with Crippen molar-refractivity contribution in [2.75, 3.05) is 6.61 Å². The van der Waals surface area contributed by atoms with Crippen LogP contribution in [0.5, 0.6) is 5.75 Å². The van der Waals surface area contributed by atoms with Gasteiger partial charge in [0.05, 0.1) is 0 Å². The first-order valence-corrected chi connectivity index (χ1v) is 7.20. The van der Waals surface area contributed by atoms with Crippen LogP contribution >= 0.6 is 11.6 Å². The molecule has 0 aliphatic heterocycles. The van der Waals surface area contributed by atoms with Crippen molar-refractivity contribution in [3.63, 3.8) is 0 Å². The van der Waals surface area contributed by atoms with Crippen molar-refractivity contribution in [2.24, 2.45) is 5.92 Å². The van der Waals surface area contributed by atoms with Crippen LogP contribution in [-0.2, 0) is 4.79 Å². The molecule has 4 heteroatoms. The molecule has 1 saturated carbocycles. The Morgan fingerprint density at radius 3 is 2.95 bits per heavy atom. The van der Waals surface area contributed by atoms with E-state index in [0.717, 1.165) is 6.42 Å². The summed E-state index contributed by atoms with van der Waals surface area (Å²) in [5, 5.41) is 3.67. The highest BCUT2D eigenvalue weighted by atomic mass is 35.5. The molecule has 1 amide bonds. The number of ether oxygens (including phenoxy) is 1. The summed E-state index contributed by atoms with van der Waals surface area (Å²) in [6.45, 7) is 2.24. The van der Waals surface area contributed by atoms with Gasteiger partial charge >= 0.3 is 0 Å². The highest BCUT2D eigenvalue weighted by molar-refractivity contribution is 6.30. The van der Waals surface area contributed by atoms with Crippen LogP contribution in [0.1, 0.15) is 32.6 Å². The van der Waals surface area contributed by atoms with Crippen LogP contribution in [0, 0.1) is 5.92 Å². The van der Waals surface area contributed by atoms with E-state index in [2.05, 4.69) is 12.2 Å². The van der Waals surface area contributed by atoms with E-state index in [-0.39, 0.29) is 12.5 Å². The monoisotopic (exact) mass is 281 g/mol. The standard InChI is InChI=1S/C15H20ClNO2/c1-11-5-2-3-8-14(11)17-15(18)10-19-13-7-4-6-12(16)9-13/h4,6-7,9,11,14H,2-3,5,8,10H2,1H3,(H,17,18)/t11-,14-/m0/s1. The summed E-state index contributed by atoms with van der Waals surface area (Å²) in [6.07, 6.45) is 4.74. The normalized spacial score (nSPS) is 22.8. The van der Waals surface area contributed by atoms with Crippen molar-refractivity contribution in [1.29, 1.82) is 0 Å². The number of benzene rings is 1. The fourth-order valence-corrected chi connectivity index (χ4v) is 2.67. The molecule has 0 unspecified atom stereocenters. The third kappa shape index (κ3) is 4.43. The van der Waals surface area contributed by atoms with E-state index in [1.54, 1.807) is 24.3 Å². The van der Waals surface area contributed by atoms with E-state index in [0.29, 0.717) is 22.7 Å². The summed E-state index contributed by atoms with van der Waals surface area (Å²) in [6, 6.07) is 7.38. The molecule has 1 aromatic rings. The Morgan fingerprint density at radius 1 is 1.42 bits per heavy atom. The Hall–Kier alpha value is -1.22. The van der Waals surface area contributed by atoms with Crippen LogP contribution in [0.15, 0.2) is 24.3 Å². The largest absolute Gasteiger partial charge is 0.484 e. The van der Waals surface area contributed by atoms with Gasteiger partial charge in [0.15, 0.2) is 6.61 Å². The summed E-state index contributed by atoms with van der Waals surface area (Å²) in [4.78, 5) is 11.8. The fourth-order valence-electron chi connectivity index (χ4n) is 2.48. The van der Waals surface area contributed by atoms with E-state index >= 15 is 0 Å². The van der Waals surface area contributed by atoms with Crippen LogP contribution in [0.25, 0.3) is 0 Å². The van der Waals surface area contributed by atoms with Crippen LogP contribution in [-0.4, -0.2) is 18.6 Å². The van der Waals surface area contributed by atoms with Gasteiger partial charge in [0.1, 0.15) is 5.75 Å². The maximum absolute atomic E-state index is 11.8. The molecule has 1 fully saturated rings. The number of hydrogen-bond donors (Lipinski definition) is 1. The molecule has 2 rings (SSSR count). The second-order valence-corrected chi connectivity index (χ2v) is 5.62. The zero-order chi connectivity index (χ0) is 13.7. The third-order valence-corrected chi connectivity index (χ3v) is 3.86. The average Bonchev–Trinajstić information content (AvgIpc) is 2.39. The zero-order valence-corrected chi connectivity index (χ0v) is 12.0. The number of halogens is 1. The first-order valence-electron chi connectivity index (χ1n) is 6.83. The van der Waals surface area contributed by atoms with Crippen molar-refractivity contribution in [3.05, 3.63) is 29.3 Å². The number of rotatable bonds is 4. The molecule has 0 saturated heterocycles. The number of carbonyl (C=O) groups excluding carboxylic acids is 1. The van der Waals surface area contributed by atoms with Crippen molar-refractivity contribution >= 4 is 17.5 Å². The molecule has 0 spiro atoms. The van der Waals surface area contributed by atoms with Crippen LogP contribution in [0.2, 0.25) is 5.02 Å². The average molecular weight is 282 g/mol. The quantitative estimate of drug-likeness (QED) is 0.918. The topological polar surface area (TPSA) is 38.3 Å². The van der Waals surface area contributed by atoms with Gasteiger partial charge in [-0.3, -0.25) is 4.79 Å². The Morgan fingerprint density at radius 2 is 2.21 bits per heavy atom. The molecule has 1 aliphatic carbocycles. The molecule has 0 bridgehead atoms. The smallest absolute Gasteiger partial charge is 0.258 e. The molecule has 1 N–H and O–H groups in total. The number of amides is 1. The molecule has 0 radical (unpaired) electrons. The van der Waals surface area contributed by atoms with E-state index in [1.165, 1.54) is 19.3 Å². The van der Waals surface area contributed by atoms with E-state index < -0.39 is 0 Å². The SMILES string of the molecule is C[C@H]1CCCC[C@@H]1NC(=O)COc1cccc(Cl)c1. The summed E-state index contributed by atoms with van der Waals surface area (Å²) in [7, 11) is 0. The summed E-state index contributed by atoms with van der Waals surface area (Å²) in [5.41, 5.74) is 0. The van der Waals surface area contributed by atoms with Gasteiger partial charge in [-0.15, -0.1) is 0 Å². The number of carbonyl (C=O) groups is 1. The van der Waals surface area contributed by atoms with Gasteiger partial charge in [0.2, 0.25) is 0 Å². The molecule has 19 heavy (non-hydrogen) atoms. The van der Waals surface area contributed by atoms with Gasteiger partial charge in [-0.25, -0.2) is 0 Å². The van der Waals surface area contributed by atoms with Crippen molar-refractivity contribution < 1.29 is 9.53 Å². The Labute approximate surface area is 119 Å². The van der Waals surface area contributed by atoms with Gasteiger partial charge in [-0.05, 0) is 37.0 Å². The lowest BCUT2D eigenvalue weighted by molar-refractivity contribution is -0.124. The molecule has 0 aromatic heterocycles. The highest BCUT2D eigenvalue weighted by Crippen LogP contribution is 2.23. The van der Waals surface area contributed by atoms with Crippen molar-refractivity contribution in [3.8, 4) is 5.75 Å². The molecule has 104 valence electrons. The van der Waals surface area contributed by atoms with Crippen LogP contribution in [0.4, 0.5) is 0 Å². The second-order valence-electron chi connectivity index (χ2n) is 5.18. The molecular weight excluding hydrogens is 262 g/mol. The highest BCUT2D eigenvalue weighted by Gasteiger charge is 2.22. The van der Waals surface area contributed by atoms with Gasteiger partial charge in [0.25, 0.3) is 5.91 Å². The number of nitrogens with one attached hydrogen (secondary N) is 1. The first kappa shape index (κ1) is 14.2. The Kier molecular flexibility index (Phi) is 5.08. The summed E-state index contributed by atoms with van der Waals surface area (Å²) in [5.74, 6) is 1.13. The van der Waals surface area contributed by atoms with Gasteiger partial charge in [0, 0.05) is 11.1 Å². The summed E-state index contributed by atoms with van der Waals surface area (Å²) < 4.78 is 5.43. The van der Waals surface area contributed by atoms with E-state index in [9.17, 15) is 4.79 Å². The van der Waals surface area contributed by atoms with E-state index in [1.807, 2.05) is 0 Å². The minimum Gasteiger partial charge on any atom is -0.484 e. The number of hydrogen-bond acceptors (Lipinski definition) is 2.